The summed E-state index contributed by atoms with van der Waals surface area (Å²) >= 11 is 0. The van der Waals surface area contributed by atoms with Gasteiger partial charge in [-0.15, -0.1) is 0 Å². The van der Waals surface area contributed by atoms with Crippen molar-refractivity contribution in [3.63, 3.8) is 0 Å². The number of hydrogen-bond acceptors (Lipinski definition) is 9. The molecule has 9 nitrogen and oxygen atoms in total. The summed E-state index contributed by atoms with van der Waals surface area (Å²) < 4.78 is 11.0. The number of benzene rings is 2. The summed E-state index contributed by atoms with van der Waals surface area (Å²) in [4.78, 5) is 10.2. The third-order valence-corrected chi connectivity index (χ3v) is 4.42. The Kier molecular flexibility index (Phi) is 4.87. The second kappa shape index (κ2) is 7.31. The second-order valence-corrected chi connectivity index (χ2v) is 6.26. The van der Waals surface area contributed by atoms with Crippen LogP contribution in [0.4, 0.5) is 11.4 Å². The number of aliphatic hydroxyl groups excluding tert-OH is 4. The first-order valence-electron chi connectivity index (χ1n) is 8.38. The molecule has 0 saturated carbocycles. The standard InChI is InChI=1S/C18H19NO8/c20-8-14-15(21)16(22)17(23)18(25-14)27-26-9-5-6-11-13(7-9)24-12-4-2-1-3-10(12)19-11/h1-7,14-23H,8H2/t14-,15-,16+,17-,18?/m1/s1. The molecule has 27 heavy (non-hydrogen) atoms. The molecular weight excluding hydrogens is 358 g/mol. The number of rotatable bonds is 4. The molecule has 0 aliphatic carbocycles. The topological polar surface area (TPSA) is 130 Å². The third-order valence-electron chi connectivity index (χ3n) is 4.42. The first kappa shape index (κ1) is 18.0. The van der Waals surface area contributed by atoms with Crippen molar-refractivity contribution in [2.75, 3.05) is 11.9 Å². The van der Waals surface area contributed by atoms with E-state index in [0.29, 0.717) is 11.5 Å². The van der Waals surface area contributed by atoms with Gasteiger partial charge in [0.1, 0.15) is 24.4 Å². The van der Waals surface area contributed by atoms with Crippen molar-refractivity contribution in [3.8, 4) is 17.2 Å². The van der Waals surface area contributed by atoms with Gasteiger partial charge in [-0.2, -0.15) is 4.89 Å². The Morgan fingerprint density at radius 2 is 1.70 bits per heavy atom. The van der Waals surface area contributed by atoms with E-state index in [9.17, 15) is 20.4 Å². The van der Waals surface area contributed by atoms with Crippen LogP contribution >= 0.6 is 0 Å². The molecule has 0 radical (unpaired) electrons. The average molecular weight is 377 g/mol. The zero-order chi connectivity index (χ0) is 19.0. The molecule has 2 aliphatic rings. The maximum atomic E-state index is 9.94. The Bertz CT molecular complexity index is 814. The first-order chi connectivity index (χ1) is 13.1. The van der Waals surface area contributed by atoms with Gasteiger partial charge >= 0.3 is 0 Å². The molecular formula is C18H19NO8. The van der Waals surface area contributed by atoms with Gasteiger partial charge in [-0.25, -0.2) is 0 Å². The van der Waals surface area contributed by atoms with Crippen LogP contribution in [-0.4, -0.2) is 57.7 Å². The highest BCUT2D eigenvalue weighted by Crippen LogP contribution is 2.43. The van der Waals surface area contributed by atoms with Gasteiger partial charge in [0.15, 0.2) is 17.2 Å². The van der Waals surface area contributed by atoms with E-state index in [2.05, 4.69) is 5.32 Å². The lowest BCUT2D eigenvalue weighted by Gasteiger charge is -2.38. The molecule has 2 aromatic rings. The minimum Gasteiger partial charge on any atom is -0.453 e. The molecule has 0 aromatic heterocycles. The SMILES string of the molecule is OC[C@H]1OC(OOc2ccc3c(c2)Oc2ccccc2N3)[C@H](O)[C@@H](O)[C@@H]1O. The molecule has 0 spiro atoms. The summed E-state index contributed by atoms with van der Waals surface area (Å²) in [5.74, 6) is 1.45. The van der Waals surface area contributed by atoms with Crippen LogP contribution in [0.15, 0.2) is 42.5 Å². The van der Waals surface area contributed by atoms with Gasteiger partial charge in [-0.05, 0) is 24.3 Å². The normalized spacial score (nSPS) is 29.1. The number of para-hydroxylation sites is 2. The second-order valence-electron chi connectivity index (χ2n) is 6.26. The van der Waals surface area contributed by atoms with E-state index in [4.69, 9.17) is 19.2 Å². The molecule has 1 fully saturated rings. The molecule has 2 aliphatic heterocycles. The number of nitrogens with one attached hydrogen (secondary N) is 1. The molecule has 1 saturated heterocycles. The summed E-state index contributed by atoms with van der Waals surface area (Å²) in [7, 11) is 0. The smallest absolute Gasteiger partial charge is 0.232 e. The third kappa shape index (κ3) is 3.44. The summed E-state index contributed by atoms with van der Waals surface area (Å²) in [6, 6.07) is 12.4. The lowest BCUT2D eigenvalue weighted by molar-refractivity contribution is -0.386. The lowest BCUT2D eigenvalue weighted by Crippen LogP contribution is -2.59. The molecule has 5 atom stereocenters. The number of hydrogen-bond donors (Lipinski definition) is 5. The first-order valence-corrected chi connectivity index (χ1v) is 8.38. The molecule has 2 aromatic carbocycles. The van der Waals surface area contributed by atoms with Crippen molar-refractivity contribution in [3.05, 3.63) is 42.5 Å². The van der Waals surface area contributed by atoms with Gasteiger partial charge in [0.25, 0.3) is 0 Å². The van der Waals surface area contributed by atoms with Crippen molar-refractivity contribution in [1.82, 2.24) is 0 Å². The number of ether oxygens (including phenoxy) is 2. The fourth-order valence-electron chi connectivity index (χ4n) is 2.91. The Balaban J connectivity index is 1.44. The van der Waals surface area contributed by atoms with Gasteiger partial charge in [0.2, 0.25) is 6.29 Å². The van der Waals surface area contributed by atoms with Crippen molar-refractivity contribution in [2.45, 2.75) is 30.7 Å². The van der Waals surface area contributed by atoms with Gasteiger partial charge < -0.3 is 40.1 Å². The Morgan fingerprint density at radius 1 is 0.926 bits per heavy atom. The van der Waals surface area contributed by atoms with Crippen LogP contribution in [0, 0.1) is 0 Å². The van der Waals surface area contributed by atoms with E-state index in [-0.39, 0.29) is 5.75 Å². The predicted molar refractivity (Wildman–Crippen MR) is 91.7 cm³/mol. The summed E-state index contributed by atoms with van der Waals surface area (Å²) in [6.45, 7) is -0.553. The van der Waals surface area contributed by atoms with E-state index < -0.39 is 37.3 Å². The van der Waals surface area contributed by atoms with Gasteiger partial charge in [-0.1, -0.05) is 12.1 Å². The molecule has 4 rings (SSSR count). The summed E-state index contributed by atoms with van der Waals surface area (Å²) in [6.07, 6.45) is -7.03. The van der Waals surface area contributed by atoms with Crippen LogP contribution in [0.1, 0.15) is 0 Å². The monoisotopic (exact) mass is 377 g/mol. The van der Waals surface area contributed by atoms with Crippen molar-refractivity contribution >= 4 is 11.4 Å². The lowest BCUT2D eigenvalue weighted by atomic mass is 9.99. The van der Waals surface area contributed by atoms with E-state index >= 15 is 0 Å². The molecule has 0 amide bonds. The van der Waals surface area contributed by atoms with Gasteiger partial charge in [0.05, 0.1) is 18.0 Å². The highest BCUT2D eigenvalue weighted by atomic mass is 17.2. The fraction of sp³-hybridized carbons (Fsp3) is 0.333. The molecule has 1 unspecified atom stereocenters. The Labute approximate surface area is 154 Å². The zero-order valence-electron chi connectivity index (χ0n) is 14.1. The van der Waals surface area contributed by atoms with Crippen molar-refractivity contribution in [1.29, 1.82) is 0 Å². The van der Waals surface area contributed by atoms with E-state index in [1.54, 1.807) is 18.2 Å². The maximum absolute atomic E-state index is 9.94. The van der Waals surface area contributed by atoms with E-state index in [1.807, 2.05) is 24.3 Å². The molecule has 144 valence electrons. The predicted octanol–water partition coefficient (Wildman–Crippen LogP) is 0.646. The highest BCUT2D eigenvalue weighted by molar-refractivity contribution is 5.75. The summed E-state index contributed by atoms with van der Waals surface area (Å²) in [5.41, 5.74) is 1.59. The van der Waals surface area contributed by atoms with Crippen LogP contribution in [0.25, 0.3) is 0 Å². The molecule has 2 heterocycles. The number of anilines is 2. The Morgan fingerprint density at radius 3 is 2.52 bits per heavy atom. The van der Waals surface area contributed by atoms with E-state index in [0.717, 1.165) is 11.4 Å². The van der Waals surface area contributed by atoms with Gasteiger partial charge in [-0.3, -0.25) is 0 Å². The zero-order valence-corrected chi connectivity index (χ0v) is 14.1. The van der Waals surface area contributed by atoms with Crippen molar-refractivity contribution < 1.29 is 39.7 Å². The minimum atomic E-state index is -1.55. The van der Waals surface area contributed by atoms with Crippen LogP contribution < -0.4 is 14.9 Å². The maximum Gasteiger partial charge on any atom is 0.232 e. The van der Waals surface area contributed by atoms with Crippen LogP contribution in [-0.2, 0) is 9.62 Å². The minimum absolute atomic E-state index is 0.270. The number of aliphatic hydroxyl groups is 4. The van der Waals surface area contributed by atoms with Crippen molar-refractivity contribution in [2.24, 2.45) is 0 Å². The molecule has 0 bridgehead atoms. The fourth-order valence-corrected chi connectivity index (χ4v) is 2.91. The van der Waals surface area contributed by atoms with Crippen LogP contribution in [0.5, 0.6) is 17.2 Å². The van der Waals surface area contributed by atoms with Gasteiger partial charge in [0, 0.05) is 6.07 Å². The van der Waals surface area contributed by atoms with Crippen LogP contribution in [0.3, 0.4) is 0 Å². The van der Waals surface area contributed by atoms with Crippen LogP contribution in [0.2, 0.25) is 0 Å². The number of fused-ring (bicyclic) bond motifs is 2. The summed E-state index contributed by atoms with van der Waals surface area (Å²) in [5, 5.41) is 41.9. The Hall–Kier alpha value is -2.40. The molecule has 9 heteroatoms. The van der Waals surface area contributed by atoms with E-state index in [1.165, 1.54) is 0 Å². The molecule has 5 N–H and O–H groups in total. The average Bonchev–Trinajstić information content (AvgIpc) is 2.70. The largest absolute Gasteiger partial charge is 0.453 e. The highest BCUT2D eigenvalue weighted by Gasteiger charge is 2.45. The quantitative estimate of drug-likeness (QED) is 0.328.